The van der Waals surface area contributed by atoms with E-state index in [-0.39, 0.29) is 5.76 Å². The maximum atomic E-state index is 11.2. The summed E-state index contributed by atoms with van der Waals surface area (Å²) >= 11 is 0. The Bertz CT molecular complexity index is 969. The number of aliphatic imine (C=N–C) groups is 1. The molecule has 150 valence electrons. The number of rotatable bonds is 7. The second-order valence-corrected chi connectivity index (χ2v) is 6.30. The molecule has 0 bridgehead atoms. The molecule has 0 spiro atoms. The molecule has 8 nitrogen and oxygen atoms in total. The second kappa shape index (κ2) is 9.41. The molecule has 0 radical (unpaired) electrons. The molecular weight excluding hydrogens is 372 g/mol. The molecule has 2 aromatic rings. The van der Waals surface area contributed by atoms with Crippen LogP contribution in [0.5, 0.6) is 0 Å². The van der Waals surface area contributed by atoms with Crippen molar-refractivity contribution in [2.45, 2.75) is 6.42 Å². The number of benzene rings is 2. The molecule has 8 heteroatoms. The number of nitrogens with zero attached hydrogens (tertiary/aromatic N) is 1. The van der Waals surface area contributed by atoms with Gasteiger partial charge in [-0.15, -0.1) is 0 Å². The maximum absolute atomic E-state index is 11.2. The van der Waals surface area contributed by atoms with Crippen LogP contribution in [0.4, 0.5) is 11.4 Å². The standard InChI is InChI=1S/C21H22N4O4/c1-29-19(20(27)28)12-16-7-6-15(11-18(16)24-13-26)14-4-2-5-17(10-14)25-21-22-8-3-9-23-21/h2,4-7,10-13H,3,8-9H2,1H3,(H,24,26)(H,27,28)(H2,22,23,25). The largest absolute Gasteiger partial charge is 0.490 e. The topological polar surface area (TPSA) is 112 Å². The van der Waals surface area contributed by atoms with E-state index in [1.54, 1.807) is 12.1 Å². The monoisotopic (exact) mass is 394 g/mol. The van der Waals surface area contributed by atoms with E-state index in [0.29, 0.717) is 17.7 Å². The fourth-order valence-electron chi connectivity index (χ4n) is 2.93. The van der Waals surface area contributed by atoms with Gasteiger partial charge < -0.3 is 25.8 Å². The number of nitrogens with one attached hydrogen (secondary N) is 3. The lowest BCUT2D eigenvalue weighted by atomic mass is 10.0. The van der Waals surface area contributed by atoms with E-state index in [0.717, 1.165) is 42.3 Å². The van der Waals surface area contributed by atoms with Crippen molar-refractivity contribution in [3.05, 3.63) is 53.8 Å². The molecule has 1 heterocycles. The zero-order valence-corrected chi connectivity index (χ0v) is 15.9. The van der Waals surface area contributed by atoms with Crippen LogP contribution in [0.15, 0.2) is 53.2 Å². The smallest absolute Gasteiger partial charge is 0.371 e. The third kappa shape index (κ3) is 5.13. The Labute approximate surface area is 168 Å². The summed E-state index contributed by atoms with van der Waals surface area (Å²) in [7, 11) is 1.28. The minimum absolute atomic E-state index is 0.223. The fraction of sp³-hybridized carbons (Fsp3) is 0.190. The first-order chi connectivity index (χ1) is 14.1. The second-order valence-electron chi connectivity index (χ2n) is 6.30. The van der Waals surface area contributed by atoms with Gasteiger partial charge in [-0.3, -0.25) is 9.79 Å². The van der Waals surface area contributed by atoms with Crippen molar-refractivity contribution in [3.8, 4) is 11.1 Å². The summed E-state index contributed by atoms with van der Waals surface area (Å²) in [5.41, 5.74) is 3.68. The Morgan fingerprint density at radius 1 is 1.24 bits per heavy atom. The van der Waals surface area contributed by atoms with Crippen LogP contribution in [-0.4, -0.2) is 43.6 Å². The van der Waals surface area contributed by atoms with Crippen molar-refractivity contribution in [1.82, 2.24) is 5.32 Å². The van der Waals surface area contributed by atoms with Crippen LogP contribution in [0.25, 0.3) is 17.2 Å². The molecule has 29 heavy (non-hydrogen) atoms. The number of hydrogen-bond acceptors (Lipinski definition) is 6. The molecule has 1 aliphatic heterocycles. The summed E-state index contributed by atoms with van der Waals surface area (Å²) in [6.45, 7) is 1.69. The van der Waals surface area contributed by atoms with Gasteiger partial charge in [0.2, 0.25) is 12.2 Å². The minimum Gasteiger partial charge on any atom is -0.490 e. The summed E-state index contributed by atoms with van der Waals surface area (Å²) < 4.78 is 4.87. The number of carboxylic acid groups (broad SMARTS) is 1. The quantitative estimate of drug-likeness (QED) is 0.326. The summed E-state index contributed by atoms with van der Waals surface area (Å²) in [6, 6.07) is 13.2. The Hall–Kier alpha value is -3.81. The number of aliphatic carboxylic acids is 1. The third-order valence-electron chi connectivity index (χ3n) is 4.34. The normalized spacial score (nSPS) is 13.7. The third-order valence-corrected chi connectivity index (χ3v) is 4.34. The van der Waals surface area contributed by atoms with Crippen molar-refractivity contribution in [2.24, 2.45) is 4.99 Å². The van der Waals surface area contributed by atoms with Crippen molar-refractivity contribution in [3.63, 3.8) is 0 Å². The van der Waals surface area contributed by atoms with Crippen molar-refractivity contribution in [2.75, 3.05) is 30.8 Å². The molecule has 1 amide bonds. The Balaban J connectivity index is 1.91. The predicted octanol–water partition coefficient (Wildman–Crippen LogP) is 2.75. The number of anilines is 2. The molecule has 0 aliphatic carbocycles. The van der Waals surface area contributed by atoms with Crippen LogP contribution >= 0.6 is 0 Å². The molecule has 0 saturated heterocycles. The van der Waals surface area contributed by atoms with Gasteiger partial charge in [-0.05, 0) is 41.8 Å². The summed E-state index contributed by atoms with van der Waals surface area (Å²) in [6.07, 6.45) is 2.93. The van der Waals surface area contributed by atoms with Crippen molar-refractivity contribution >= 4 is 35.8 Å². The molecule has 2 aromatic carbocycles. The predicted molar refractivity (Wildman–Crippen MR) is 113 cm³/mol. The highest BCUT2D eigenvalue weighted by Gasteiger charge is 2.11. The van der Waals surface area contributed by atoms with Gasteiger partial charge in [0.15, 0.2) is 5.96 Å². The van der Waals surface area contributed by atoms with Gasteiger partial charge in [-0.2, -0.15) is 0 Å². The molecule has 0 aromatic heterocycles. The highest BCUT2D eigenvalue weighted by Crippen LogP contribution is 2.29. The Kier molecular flexibility index (Phi) is 6.47. The van der Waals surface area contributed by atoms with Crippen LogP contribution in [-0.2, 0) is 14.3 Å². The molecule has 0 unspecified atom stereocenters. The Morgan fingerprint density at radius 3 is 2.76 bits per heavy atom. The van der Waals surface area contributed by atoms with E-state index < -0.39 is 5.97 Å². The number of ether oxygens (including phenoxy) is 1. The van der Waals surface area contributed by atoms with Gasteiger partial charge in [0.05, 0.1) is 7.11 Å². The van der Waals surface area contributed by atoms with Gasteiger partial charge >= 0.3 is 5.97 Å². The molecule has 0 fully saturated rings. The van der Waals surface area contributed by atoms with Gasteiger partial charge in [0, 0.05) is 30.0 Å². The summed E-state index contributed by atoms with van der Waals surface area (Å²) in [5, 5.41) is 18.2. The van der Waals surface area contributed by atoms with E-state index in [9.17, 15) is 9.59 Å². The summed E-state index contributed by atoms with van der Waals surface area (Å²) in [4.78, 5) is 26.6. The van der Waals surface area contributed by atoms with E-state index >= 15 is 0 Å². The first-order valence-electron chi connectivity index (χ1n) is 9.09. The first-order valence-corrected chi connectivity index (χ1v) is 9.09. The molecule has 1 aliphatic rings. The van der Waals surface area contributed by atoms with Gasteiger partial charge in [0.1, 0.15) is 0 Å². The van der Waals surface area contributed by atoms with Gasteiger partial charge in [0.25, 0.3) is 0 Å². The van der Waals surface area contributed by atoms with Gasteiger partial charge in [-0.25, -0.2) is 4.79 Å². The molecule has 3 rings (SSSR count). The molecule has 0 atom stereocenters. The maximum Gasteiger partial charge on any atom is 0.371 e. The number of carboxylic acids is 1. The highest BCUT2D eigenvalue weighted by molar-refractivity contribution is 5.95. The number of carbonyl (C=O) groups is 2. The lowest BCUT2D eigenvalue weighted by Crippen LogP contribution is -2.35. The van der Waals surface area contributed by atoms with E-state index in [1.807, 2.05) is 30.3 Å². The van der Waals surface area contributed by atoms with Crippen LogP contribution < -0.4 is 16.0 Å². The SMILES string of the molecule is COC(=Cc1ccc(-c2cccc(NC3=NCCCN3)c2)cc1NC=O)C(=O)O. The lowest BCUT2D eigenvalue weighted by Gasteiger charge is -2.16. The Morgan fingerprint density at radius 2 is 2.07 bits per heavy atom. The van der Waals surface area contributed by atoms with Crippen molar-refractivity contribution < 1.29 is 19.4 Å². The van der Waals surface area contributed by atoms with E-state index in [2.05, 4.69) is 20.9 Å². The lowest BCUT2D eigenvalue weighted by molar-refractivity contribution is -0.135. The van der Waals surface area contributed by atoms with E-state index in [4.69, 9.17) is 9.84 Å². The summed E-state index contributed by atoms with van der Waals surface area (Å²) in [5.74, 6) is -0.664. The van der Waals surface area contributed by atoms with Gasteiger partial charge in [-0.1, -0.05) is 24.3 Å². The fourth-order valence-corrected chi connectivity index (χ4v) is 2.93. The average molecular weight is 394 g/mol. The zero-order chi connectivity index (χ0) is 20.6. The molecular formula is C21H22N4O4. The highest BCUT2D eigenvalue weighted by atomic mass is 16.5. The van der Waals surface area contributed by atoms with Crippen LogP contribution in [0.2, 0.25) is 0 Å². The molecule has 0 saturated carbocycles. The minimum atomic E-state index is -1.19. The van der Waals surface area contributed by atoms with Crippen LogP contribution in [0.3, 0.4) is 0 Å². The molecule has 4 N–H and O–H groups in total. The number of hydrogen-bond donors (Lipinski definition) is 4. The number of carbonyl (C=O) groups excluding carboxylic acids is 1. The van der Waals surface area contributed by atoms with Crippen LogP contribution in [0, 0.1) is 0 Å². The first kappa shape index (κ1) is 19.9. The zero-order valence-electron chi connectivity index (χ0n) is 15.9. The van der Waals surface area contributed by atoms with Crippen LogP contribution in [0.1, 0.15) is 12.0 Å². The number of methoxy groups -OCH3 is 1. The number of guanidine groups is 1. The number of amides is 1. The van der Waals surface area contributed by atoms with E-state index in [1.165, 1.54) is 13.2 Å². The van der Waals surface area contributed by atoms with Crippen molar-refractivity contribution in [1.29, 1.82) is 0 Å². The average Bonchev–Trinajstić information content (AvgIpc) is 2.73.